The summed E-state index contributed by atoms with van der Waals surface area (Å²) in [5.74, 6) is -0.0763. The highest BCUT2D eigenvalue weighted by Crippen LogP contribution is 2.25. The Hall–Kier alpha value is -2.33. The van der Waals surface area contributed by atoms with Crippen molar-refractivity contribution in [2.45, 2.75) is 25.8 Å². The Kier molecular flexibility index (Phi) is 5.16. The number of amides is 1. The molecule has 1 fully saturated rings. The molecular formula is C20H25N3O. The van der Waals surface area contributed by atoms with E-state index in [2.05, 4.69) is 22.6 Å². The lowest BCUT2D eigenvalue weighted by Crippen LogP contribution is -2.36. The number of anilines is 2. The number of hydrogen-bond acceptors (Lipinski definition) is 3. The fourth-order valence-corrected chi connectivity index (χ4v) is 2.99. The molecule has 1 heterocycles. The summed E-state index contributed by atoms with van der Waals surface area (Å²) >= 11 is 0. The normalized spacial score (nSPS) is 15.9. The molecule has 0 saturated carbocycles. The molecule has 0 bridgehead atoms. The van der Waals surface area contributed by atoms with Gasteiger partial charge in [0.1, 0.15) is 0 Å². The van der Waals surface area contributed by atoms with Crippen LogP contribution in [0.3, 0.4) is 0 Å². The molecule has 2 N–H and O–H groups in total. The lowest BCUT2D eigenvalue weighted by atomic mass is 10.0. The molecule has 0 radical (unpaired) electrons. The first-order valence-electron chi connectivity index (χ1n) is 8.54. The van der Waals surface area contributed by atoms with Gasteiger partial charge in [-0.1, -0.05) is 29.8 Å². The Morgan fingerprint density at radius 3 is 2.29 bits per heavy atom. The van der Waals surface area contributed by atoms with E-state index >= 15 is 0 Å². The molecule has 24 heavy (non-hydrogen) atoms. The fraction of sp³-hybridized carbons (Fsp3) is 0.350. The number of carbonyl (C=O) groups is 1. The molecule has 1 aliphatic rings. The molecule has 4 heteroatoms. The smallest absolute Gasteiger partial charge is 0.255 e. The van der Waals surface area contributed by atoms with Crippen LogP contribution in [-0.2, 0) is 0 Å². The summed E-state index contributed by atoms with van der Waals surface area (Å²) in [6.07, 6.45) is 2.24. The second-order valence-corrected chi connectivity index (χ2v) is 6.59. The zero-order valence-corrected chi connectivity index (χ0v) is 14.4. The number of para-hydroxylation sites is 2. The van der Waals surface area contributed by atoms with E-state index in [0.717, 1.165) is 42.9 Å². The first-order chi connectivity index (χ1) is 11.6. The third-order valence-electron chi connectivity index (χ3n) is 4.57. The van der Waals surface area contributed by atoms with Crippen LogP contribution in [-0.4, -0.2) is 37.0 Å². The van der Waals surface area contributed by atoms with Crippen LogP contribution in [0.5, 0.6) is 0 Å². The molecule has 0 aliphatic carbocycles. The van der Waals surface area contributed by atoms with E-state index in [9.17, 15) is 4.79 Å². The molecule has 0 unspecified atom stereocenters. The first kappa shape index (κ1) is 16.5. The van der Waals surface area contributed by atoms with Gasteiger partial charge >= 0.3 is 0 Å². The zero-order chi connectivity index (χ0) is 16.9. The lowest BCUT2D eigenvalue weighted by Gasteiger charge is -2.30. The fourth-order valence-electron chi connectivity index (χ4n) is 2.99. The van der Waals surface area contributed by atoms with Crippen molar-refractivity contribution < 1.29 is 4.79 Å². The second kappa shape index (κ2) is 7.49. The van der Waals surface area contributed by atoms with Crippen LogP contribution in [0.1, 0.15) is 28.8 Å². The van der Waals surface area contributed by atoms with E-state index in [1.807, 2.05) is 55.5 Å². The monoisotopic (exact) mass is 323 g/mol. The highest BCUT2D eigenvalue weighted by atomic mass is 16.1. The minimum absolute atomic E-state index is 0.0763. The maximum absolute atomic E-state index is 12.5. The van der Waals surface area contributed by atoms with Crippen molar-refractivity contribution in [3.63, 3.8) is 0 Å². The van der Waals surface area contributed by atoms with Gasteiger partial charge in [0.2, 0.25) is 0 Å². The maximum Gasteiger partial charge on any atom is 0.255 e. The first-order valence-corrected chi connectivity index (χ1v) is 8.54. The van der Waals surface area contributed by atoms with Crippen LogP contribution in [0.4, 0.5) is 11.4 Å². The summed E-state index contributed by atoms with van der Waals surface area (Å²) < 4.78 is 0. The molecule has 0 spiro atoms. The van der Waals surface area contributed by atoms with E-state index in [4.69, 9.17) is 0 Å². The van der Waals surface area contributed by atoms with Gasteiger partial charge in [-0.2, -0.15) is 0 Å². The number of nitrogens with one attached hydrogen (secondary N) is 2. The largest absolute Gasteiger partial charge is 0.381 e. The Labute approximate surface area is 143 Å². The van der Waals surface area contributed by atoms with Gasteiger partial charge in [-0.05, 0) is 64.2 Å². The number of piperidine rings is 1. The quantitative estimate of drug-likeness (QED) is 0.900. The minimum atomic E-state index is -0.0763. The third-order valence-corrected chi connectivity index (χ3v) is 4.57. The van der Waals surface area contributed by atoms with Crippen LogP contribution < -0.4 is 10.6 Å². The SMILES string of the molecule is Cc1ccc(C(=O)Nc2ccccc2NC2CCN(C)CC2)cc1. The van der Waals surface area contributed by atoms with Crippen molar-refractivity contribution in [1.29, 1.82) is 0 Å². The molecule has 0 atom stereocenters. The molecule has 0 aromatic heterocycles. The summed E-state index contributed by atoms with van der Waals surface area (Å²) in [6.45, 7) is 4.23. The van der Waals surface area contributed by atoms with Gasteiger partial charge < -0.3 is 15.5 Å². The van der Waals surface area contributed by atoms with Crippen LogP contribution in [0.15, 0.2) is 48.5 Å². The topological polar surface area (TPSA) is 44.4 Å². The predicted molar refractivity (Wildman–Crippen MR) is 99.7 cm³/mol. The van der Waals surface area contributed by atoms with E-state index < -0.39 is 0 Å². The van der Waals surface area contributed by atoms with Crippen molar-refractivity contribution in [2.24, 2.45) is 0 Å². The van der Waals surface area contributed by atoms with Crippen molar-refractivity contribution in [3.8, 4) is 0 Å². The molecule has 1 amide bonds. The summed E-state index contributed by atoms with van der Waals surface area (Å²) in [7, 11) is 2.16. The standard InChI is InChI=1S/C20H25N3O/c1-15-7-9-16(10-8-15)20(24)22-19-6-4-3-5-18(19)21-17-11-13-23(2)14-12-17/h3-10,17,21H,11-14H2,1-2H3,(H,22,24). The zero-order valence-electron chi connectivity index (χ0n) is 14.4. The molecule has 126 valence electrons. The van der Waals surface area contributed by atoms with Gasteiger partial charge in [-0.15, -0.1) is 0 Å². The van der Waals surface area contributed by atoms with Crippen molar-refractivity contribution >= 4 is 17.3 Å². The number of hydrogen-bond donors (Lipinski definition) is 2. The second-order valence-electron chi connectivity index (χ2n) is 6.59. The van der Waals surface area contributed by atoms with E-state index in [1.54, 1.807) is 0 Å². The van der Waals surface area contributed by atoms with Crippen LogP contribution in [0.2, 0.25) is 0 Å². The number of carbonyl (C=O) groups excluding carboxylic acids is 1. The highest BCUT2D eigenvalue weighted by Gasteiger charge is 2.17. The van der Waals surface area contributed by atoms with Crippen LogP contribution in [0, 0.1) is 6.92 Å². The Bertz CT molecular complexity index is 688. The van der Waals surface area contributed by atoms with Crippen LogP contribution in [0.25, 0.3) is 0 Å². The molecular weight excluding hydrogens is 298 g/mol. The van der Waals surface area contributed by atoms with Crippen molar-refractivity contribution in [2.75, 3.05) is 30.8 Å². The lowest BCUT2D eigenvalue weighted by molar-refractivity contribution is 0.102. The number of aryl methyl sites for hydroxylation is 1. The van der Waals surface area contributed by atoms with Gasteiger partial charge in [-0.25, -0.2) is 0 Å². The van der Waals surface area contributed by atoms with Gasteiger partial charge in [0.05, 0.1) is 11.4 Å². The van der Waals surface area contributed by atoms with E-state index in [1.165, 1.54) is 0 Å². The van der Waals surface area contributed by atoms with E-state index in [-0.39, 0.29) is 5.91 Å². The minimum Gasteiger partial charge on any atom is -0.381 e. The molecule has 1 saturated heterocycles. The Balaban J connectivity index is 1.69. The molecule has 4 nitrogen and oxygen atoms in total. The molecule has 2 aromatic carbocycles. The summed E-state index contributed by atoms with van der Waals surface area (Å²) in [5.41, 5.74) is 3.65. The van der Waals surface area contributed by atoms with Gasteiger partial charge in [0, 0.05) is 11.6 Å². The number of nitrogens with zero attached hydrogens (tertiary/aromatic N) is 1. The molecule has 3 rings (SSSR count). The summed E-state index contributed by atoms with van der Waals surface area (Å²) in [4.78, 5) is 14.8. The van der Waals surface area contributed by atoms with E-state index in [0.29, 0.717) is 11.6 Å². The van der Waals surface area contributed by atoms with Gasteiger partial charge in [0.15, 0.2) is 0 Å². The number of likely N-dealkylation sites (tertiary alicyclic amines) is 1. The van der Waals surface area contributed by atoms with Crippen molar-refractivity contribution in [1.82, 2.24) is 4.90 Å². The number of benzene rings is 2. The van der Waals surface area contributed by atoms with Gasteiger partial charge in [-0.3, -0.25) is 4.79 Å². The third kappa shape index (κ3) is 4.15. The summed E-state index contributed by atoms with van der Waals surface area (Å²) in [6, 6.07) is 16.0. The number of rotatable bonds is 4. The molecule has 1 aliphatic heterocycles. The molecule has 2 aromatic rings. The van der Waals surface area contributed by atoms with Gasteiger partial charge in [0.25, 0.3) is 5.91 Å². The van der Waals surface area contributed by atoms with Crippen LogP contribution >= 0.6 is 0 Å². The predicted octanol–water partition coefficient (Wildman–Crippen LogP) is 3.75. The Morgan fingerprint density at radius 1 is 1.00 bits per heavy atom. The maximum atomic E-state index is 12.5. The van der Waals surface area contributed by atoms with Crippen molar-refractivity contribution in [3.05, 3.63) is 59.7 Å². The average molecular weight is 323 g/mol. The average Bonchev–Trinajstić information content (AvgIpc) is 2.59. The highest BCUT2D eigenvalue weighted by molar-refractivity contribution is 6.05. The Morgan fingerprint density at radius 2 is 1.62 bits per heavy atom. The summed E-state index contributed by atoms with van der Waals surface area (Å²) in [5, 5.41) is 6.63.